The standard InChI is InChI=1S/C22H34N2O/c1-24(2)22(19-10-4-3-5-11-19)16-14-20(15-17-22)23-21(25)13-12-18-8-6-7-9-18/h3-5,10-11,18,20H,6-9,12-17H2,1-2H3,(H,23,25). The monoisotopic (exact) mass is 342 g/mol. The molecule has 3 nitrogen and oxygen atoms in total. The van der Waals surface area contributed by atoms with E-state index in [9.17, 15) is 4.79 Å². The quantitative estimate of drug-likeness (QED) is 0.827. The Morgan fingerprint density at radius 1 is 1.08 bits per heavy atom. The average Bonchev–Trinajstić information content (AvgIpc) is 3.15. The van der Waals surface area contributed by atoms with Gasteiger partial charge in [0.05, 0.1) is 0 Å². The first-order chi connectivity index (χ1) is 12.1. The van der Waals surface area contributed by atoms with E-state index in [1.165, 1.54) is 31.2 Å². The molecule has 0 heterocycles. The Balaban J connectivity index is 1.50. The fourth-order valence-electron chi connectivity index (χ4n) is 4.92. The molecule has 25 heavy (non-hydrogen) atoms. The molecule has 0 bridgehead atoms. The number of nitrogens with one attached hydrogen (secondary N) is 1. The van der Waals surface area contributed by atoms with Gasteiger partial charge in [-0.05, 0) is 57.7 Å². The summed E-state index contributed by atoms with van der Waals surface area (Å²) in [7, 11) is 4.38. The van der Waals surface area contributed by atoms with Crippen LogP contribution in [0.3, 0.4) is 0 Å². The number of nitrogens with zero attached hydrogens (tertiary/aromatic N) is 1. The summed E-state index contributed by atoms with van der Waals surface area (Å²) >= 11 is 0. The molecule has 138 valence electrons. The third-order valence-corrected chi connectivity index (χ3v) is 6.60. The van der Waals surface area contributed by atoms with E-state index in [-0.39, 0.29) is 11.4 Å². The van der Waals surface area contributed by atoms with Gasteiger partial charge in [-0.2, -0.15) is 0 Å². The maximum atomic E-state index is 12.3. The lowest BCUT2D eigenvalue weighted by Gasteiger charge is -2.45. The van der Waals surface area contributed by atoms with Gasteiger partial charge in [-0.15, -0.1) is 0 Å². The first kappa shape index (κ1) is 18.4. The van der Waals surface area contributed by atoms with Crippen LogP contribution in [0.25, 0.3) is 0 Å². The van der Waals surface area contributed by atoms with E-state index in [1.807, 2.05) is 0 Å². The van der Waals surface area contributed by atoms with Crippen LogP contribution in [0.4, 0.5) is 0 Å². The highest BCUT2D eigenvalue weighted by Gasteiger charge is 2.38. The molecular weight excluding hydrogens is 308 g/mol. The molecule has 2 aliphatic carbocycles. The van der Waals surface area contributed by atoms with E-state index in [0.29, 0.717) is 6.04 Å². The first-order valence-electron chi connectivity index (χ1n) is 10.1. The summed E-state index contributed by atoms with van der Waals surface area (Å²) in [5, 5.41) is 3.31. The molecule has 3 rings (SSSR count). The summed E-state index contributed by atoms with van der Waals surface area (Å²) < 4.78 is 0. The Morgan fingerprint density at radius 3 is 2.32 bits per heavy atom. The van der Waals surface area contributed by atoms with E-state index in [2.05, 4.69) is 54.6 Å². The van der Waals surface area contributed by atoms with Gasteiger partial charge in [-0.3, -0.25) is 9.69 Å². The second kappa shape index (κ2) is 8.35. The number of carbonyl (C=O) groups excluding carboxylic acids is 1. The number of hydrogen-bond donors (Lipinski definition) is 1. The Morgan fingerprint density at radius 2 is 1.72 bits per heavy atom. The van der Waals surface area contributed by atoms with Crippen LogP contribution in [0.2, 0.25) is 0 Å². The predicted molar refractivity (Wildman–Crippen MR) is 103 cm³/mol. The smallest absolute Gasteiger partial charge is 0.220 e. The van der Waals surface area contributed by atoms with Gasteiger partial charge in [0.1, 0.15) is 0 Å². The molecule has 3 heteroatoms. The minimum Gasteiger partial charge on any atom is -0.353 e. The van der Waals surface area contributed by atoms with Crippen LogP contribution in [0.5, 0.6) is 0 Å². The minimum absolute atomic E-state index is 0.117. The molecule has 0 saturated heterocycles. The molecule has 1 N–H and O–H groups in total. The summed E-state index contributed by atoms with van der Waals surface area (Å²) in [5.74, 6) is 1.07. The van der Waals surface area contributed by atoms with E-state index >= 15 is 0 Å². The SMILES string of the molecule is CN(C)C1(c2ccccc2)CCC(NC(=O)CCC2CCCC2)CC1. The number of hydrogen-bond acceptors (Lipinski definition) is 2. The van der Waals surface area contributed by atoms with Crippen molar-refractivity contribution in [1.82, 2.24) is 10.2 Å². The Labute approximate surface area is 153 Å². The molecular formula is C22H34N2O. The molecule has 2 saturated carbocycles. The second-order valence-corrected chi connectivity index (χ2v) is 8.32. The van der Waals surface area contributed by atoms with Crippen LogP contribution in [-0.4, -0.2) is 30.9 Å². The number of rotatable bonds is 6. The van der Waals surface area contributed by atoms with Crippen LogP contribution in [0, 0.1) is 5.92 Å². The van der Waals surface area contributed by atoms with Crippen molar-refractivity contribution in [3.05, 3.63) is 35.9 Å². The van der Waals surface area contributed by atoms with Crippen LogP contribution in [0.1, 0.15) is 69.8 Å². The van der Waals surface area contributed by atoms with E-state index in [1.54, 1.807) is 0 Å². The molecule has 0 unspecified atom stereocenters. The number of amides is 1. The summed E-state index contributed by atoms with van der Waals surface area (Å²) in [4.78, 5) is 14.7. The van der Waals surface area contributed by atoms with Gasteiger partial charge in [0.2, 0.25) is 5.91 Å². The van der Waals surface area contributed by atoms with Gasteiger partial charge in [0, 0.05) is 18.0 Å². The van der Waals surface area contributed by atoms with Gasteiger partial charge < -0.3 is 5.32 Å². The zero-order valence-corrected chi connectivity index (χ0v) is 16.0. The van der Waals surface area contributed by atoms with Crippen molar-refractivity contribution in [2.75, 3.05) is 14.1 Å². The Hall–Kier alpha value is -1.35. The molecule has 2 fully saturated rings. The first-order valence-corrected chi connectivity index (χ1v) is 10.1. The van der Waals surface area contributed by atoms with Crippen LogP contribution < -0.4 is 5.32 Å². The Kier molecular flexibility index (Phi) is 6.16. The van der Waals surface area contributed by atoms with Gasteiger partial charge in [0.15, 0.2) is 0 Å². The molecule has 1 amide bonds. The summed E-state index contributed by atoms with van der Waals surface area (Å²) in [5.41, 5.74) is 1.53. The van der Waals surface area contributed by atoms with Crippen molar-refractivity contribution < 1.29 is 4.79 Å². The fourth-order valence-corrected chi connectivity index (χ4v) is 4.92. The van der Waals surface area contributed by atoms with Crippen molar-refractivity contribution in [2.45, 2.75) is 75.8 Å². The normalized spacial score (nSPS) is 27.6. The lowest BCUT2D eigenvalue weighted by molar-refractivity contribution is -0.122. The fraction of sp³-hybridized carbons (Fsp3) is 0.682. The minimum atomic E-state index is 0.117. The third-order valence-electron chi connectivity index (χ3n) is 6.60. The zero-order chi connectivity index (χ0) is 17.7. The van der Waals surface area contributed by atoms with Gasteiger partial charge in [0.25, 0.3) is 0 Å². The van der Waals surface area contributed by atoms with Crippen LogP contribution >= 0.6 is 0 Å². The van der Waals surface area contributed by atoms with Gasteiger partial charge >= 0.3 is 0 Å². The third kappa shape index (κ3) is 4.44. The second-order valence-electron chi connectivity index (χ2n) is 8.32. The molecule has 2 aliphatic rings. The molecule has 0 spiro atoms. The Bertz CT molecular complexity index is 540. The van der Waals surface area contributed by atoms with Crippen molar-refractivity contribution in [3.8, 4) is 0 Å². The highest BCUT2D eigenvalue weighted by atomic mass is 16.1. The van der Waals surface area contributed by atoms with Crippen molar-refractivity contribution in [1.29, 1.82) is 0 Å². The van der Waals surface area contributed by atoms with E-state index in [4.69, 9.17) is 0 Å². The molecule has 0 radical (unpaired) electrons. The molecule has 0 aliphatic heterocycles. The zero-order valence-electron chi connectivity index (χ0n) is 16.0. The maximum absolute atomic E-state index is 12.3. The van der Waals surface area contributed by atoms with Gasteiger partial charge in [-0.25, -0.2) is 0 Å². The molecule has 0 atom stereocenters. The van der Waals surface area contributed by atoms with Gasteiger partial charge in [-0.1, -0.05) is 56.0 Å². The number of carbonyl (C=O) groups is 1. The van der Waals surface area contributed by atoms with Crippen molar-refractivity contribution in [2.24, 2.45) is 5.92 Å². The molecule has 0 aromatic heterocycles. The largest absolute Gasteiger partial charge is 0.353 e. The average molecular weight is 343 g/mol. The predicted octanol–water partition coefficient (Wildman–Crippen LogP) is 4.47. The topological polar surface area (TPSA) is 32.3 Å². The maximum Gasteiger partial charge on any atom is 0.220 e. The summed E-state index contributed by atoms with van der Waals surface area (Å²) in [6.45, 7) is 0. The van der Waals surface area contributed by atoms with Crippen molar-refractivity contribution in [3.63, 3.8) is 0 Å². The van der Waals surface area contributed by atoms with Crippen molar-refractivity contribution >= 4 is 5.91 Å². The van der Waals surface area contributed by atoms with E-state index < -0.39 is 0 Å². The lowest BCUT2D eigenvalue weighted by atomic mass is 9.74. The molecule has 1 aromatic carbocycles. The highest BCUT2D eigenvalue weighted by Crippen LogP contribution is 2.41. The molecule has 1 aromatic rings. The summed E-state index contributed by atoms with van der Waals surface area (Å²) in [6, 6.07) is 11.2. The number of benzene rings is 1. The highest BCUT2D eigenvalue weighted by molar-refractivity contribution is 5.76. The van der Waals surface area contributed by atoms with Crippen LogP contribution in [0.15, 0.2) is 30.3 Å². The van der Waals surface area contributed by atoms with Crippen LogP contribution in [-0.2, 0) is 10.3 Å². The lowest BCUT2D eigenvalue weighted by Crippen LogP contribution is -2.48. The summed E-state index contributed by atoms with van der Waals surface area (Å²) in [6.07, 6.45) is 11.6. The van der Waals surface area contributed by atoms with E-state index in [0.717, 1.165) is 44.4 Å².